The third-order valence-electron chi connectivity index (χ3n) is 3.80. The van der Waals surface area contributed by atoms with Crippen LogP contribution in [0.1, 0.15) is 38.1 Å². The molecule has 0 amide bonds. The highest BCUT2D eigenvalue weighted by Gasteiger charge is 2.31. The first-order valence-electron chi connectivity index (χ1n) is 5.64. The zero-order chi connectivity index (χ0) is 9.54. The summed E-state index contributed by atoms with van der Waals surface area (Å²) in [6.45, 7) is 1.03. The summed E-state index contributed by atoms with van der Waals surface area (Å²) in [5.74, 6) is 0.767. The van der Waals surface area contributed by atoms with Gasteiger partial charge in [-0.15, -0.1) is 0 Å². The molecule has 2 atom stereocenters. The smallest absolute Gasteiger partial charge is 0.266 e. The standard InChI is InChI=1S/C11H16N2O/c14-11-6-8-12-7-5-9-3-1-2-4-10(9)13(11)12/h6,8-10H,1-5,7H2. The summed E-state index contributed by atoms with van der Waals surface area (Å²) in [4.78, 5) is 11.7. The molecule has 1 aromatic heterocycles. The van der Waals surface area contributed by atoms with Crippen LogP contribution in [0.3, 0.4) is 0 Å². The van der Waals surface area contributed by atoms with Gasteiger partial charge in [0.15, 0.2) is 0 Å². The van der Waals surface area contributed by atoms with E-state index in [4.69, 9.17) is 0 Å². The molecule has 2 heterocycles. The van der Waals surface area contributed by atoms with E-state index in [1.54, 1.807) is 6.07 Å². The van der Waals surface area contributed by atoms with Crippen LogP contribution in [0.25, 0.3) is 0 Å². The minimum atomic E-state index is 0.196. The van der Waals surface area contributed by atoms with Crippen LogP contribution in [-0.2, 0) is 6.54 Å². The van der Waals surface area contributed by atoms with E-state index < -0.39 is 0 Å². The number of rotatable bonds is 0. The number of fused-ring (bicyclic) bond motifs is 3. The quantitative estimate of drug-likeness (QED) is 0.615. The number of aromatic nitrogens is 2. The minimum Gasteiger partial charge on any atom is -0.290 e. The Labute approximate surface area is 83.3 Å². The lowest BCUT2D eigenvalue weighted by Crippen LogP contribution is -2.38. The largest absolute Gasteiger partial charge is 0.290 e. The van der Waals surface area contributed by atoms with E-state index in [1.807, 2.05) is 10.9 Å². The van der Waals surface area contributed by atoms with Crippen molar-refractivity contribution in [2.75, 3.05) is 0 Å². The van der Waals surface area contributed by atoms with Crippen molar-refractivity contribution in [3.05, 3.63) is 22.6 Å². The van der Waals surface area contributed by atoms with Gasteiger partial charge in [-0.25, -0.2) is 4.68 Å². The van der Waals surface area contributed by atoms with Gasteiger partial charge in [0, 0.05) is 18.8 Å². The van der Waals surface area contributed by atoms with Crippen LogP contribution in [0.4, 0.5) is 0 Å². The van der Waals surface area contributed by atoms with Gasteiger partial charge in [0.25, 0.3) is 5.56 Å². The highest BCUT2D eigenvalue weighted by molar-refractivity contribution is 4.93. The maximum absolute atomic E-state index is 11.7. The van der Waals surface area contributed by atoms with Gasteiger partial charge in [-0.05, 0) is 25.2 Å². The van der Waals surface area contributed by atoms with Crippen molar-refractivity contribution >= 4 is 0 Å². The van der Waals surface area contributed by atoms with Crippen molar-refractivity contribution in [2.24, 2.45) is 5.92 Å². The molecule has 76 valence electrons. The van der Waals surface area contributed by atoms with Gasteiger partial charge in [0.05, 0.1) is 6.04 Å². The van der Waals surface area contributed by atoms with E-state index in [9.17, 15) is 4.79 Å². The summed E-state index contributed by atoms with van der Waals surface area (Å²) in [5, 5.41) is 0. The molecule has 3 nitrogen and oxygen atoms in total. The lowest BCUT2D eigenvalue weighted by atomic mass is 9.81. The Balaban J connectivity index is 2.06. The van der Waals surface area contributed by atoms with E-state index in [1.165, 1.54) is 32.1 Å². The summed E-state index contributed by atoms with van der Waals surface area (Å²) in [7, 11) is 0. The summed E-state index contributed by atoms with van der Waals surface area (Å²) in [6, 6.07) is 2.21. The second-order valence-electron chi connectivity index (χ2n) is 4.56. The first kappa shape index (κ1) is 8.33. The molecule has 2 aliphatic rings. The third kappa shape index (κ3) is 1.08. The second-order valence-corrected chi connectivity index (χ2v) is 4.56. The van der Waals surface area contributed by atoms with E-state index >= 15 is 0 Å². The molecule has 1 aliphatic heterocycles. The van der Waals surface area contributed by atoms with Crippen molar-refractivity contribution in [3.8, 4) is 0 Å². The van der Waals surface area contributed by atoms with E-state index in [-0.39, 0.29) is 5.56 Å². The van der Waals surface area contributed by atoms with E-state index in [2.05, 4.69) is 4.68 Å². The van der Waals surface area contributed by atoms with Crippen LogP contribution < -0.4 is 5.56 Å². The Hall–Kier alpha value is -0.990. The third-order valence-corrected chi connectivity index (χ3v) is 3.80. The van der Waals surface area contributed by atoms with Crippen molar-refractivity contribution in [1.29, 1.82) is 0 Å². The van der Waals surface area contributed by atoms with Gasteiger partial charge in [0.2, 0.25) is 0 Å². The predicted octanol–water partition coefficient (Wildman–Crippen LogP) is 1.78. The van der Waals surface area contributed by atoms with Gasteiger partial charge in [-0.1, -0.05) is 12.8 Å². The Morgan fingerprint density at radius 2 is 2.07 bits per heavy atom. The molecule has 0 N–H and O–H groups in total. The average Bonchev–Trinajstić information content (AvgIpc) is 2.61. The lowest BCUT2D eigenvalue weighted by molar-refractivity contribution is 0.138. The molecular weight excluding hydrogens is 176 g/mol. The van der Waals surface area contributed by atoms with E-state index in [0.717, 1.165) is 12.5 Å². The summed E-state index contributed by atoms with van der Waals surface area (Å²) in [6.07, 6.45) is 8.37. The molecule has 1 aliphatic carbocycles. The average molecular weight is 192 g/mol. The SMILES string of the molecule is O=c1ccn2n1C1CCCCC1CC2. The zero-order valence-corrected chi connectivity index (χ0v) is 8.35. The lowest BCUT2D eigenvalue weighted by Gasteiger charge is -2.37. The molecular formula is C11H16N2O. The first-order valence-corrected chi connectivity index (χ1v) is 5.64. The minimum absolute atomic E-state index is 0.196. The summed E-state index contributed by atoms with van der Waals surface area (Å²) >= 11 is 0. The Morgan fingerprint density at radius 1 is 1.21 bits per heavy atom. The fourth-order valence-corrected chi connectivity index (χ4v) is 3.11. The van der Waals surface area contributed by atoms with Crippen LogP contribution in [0.5, 0.6) is 0 Å². The molecule has 0 spiro atoms. The fourth-order valence-electron chi connectivity index (χ4n) is 3.11. The predicted molar refractivity (Wildman–Crippen MR) is 54.3 cm³/mol. The number of hydrogen-bond donors (Lipinski definition) is 0. The normalized spacial score (nSPS) is 30.9. The Morgan fingerprint density at radius 3 is 3.00 bits per heavy atom. The molecule has 1 fully saturated rings. The van der Waals surface area contributed by atoms with Gasteiger partial charge in [-0.3, -0.25) is 9.48 Å². The first-order chi connectivity index (χ1) is 6.86. The van der Waals surface area contributed by atoms with Crippen LogP contribution >= 0.6 is 0 Å². The van der Waals surface area contributed by atoms with Crippen LogP contribution in [0, 0.1) is 5.92 Å². The van der Waals surface area contributed by atoms with Crippen LogP contribution in [-0.4, -0.2) is 9.36 Å². The number of aryl methyl sites for hydroxylation is 1. The number of nitrogens with zero attached hydrogens (tertiary/aromatic N) is 2. The Kier molecular flexibility index (Phi) is 1.79. The van der Waals surface area contributed by atoms with Gasteiger partial charge in [0.1, 0.15) is 0 Å². The van der Waals surface area contributed by atoms with Gasteiger partial charge in [-0.2, -0.15) is 0 Å². The highest BCUT2D eigenvalue weighted by atomic mass is 16.1. The molecule has 14 heavy (non-hydrogen) atoms. The molecule has 1 saturated carbocycles. The van der Waals surface area contributed by atoms with Crippen LogP contribution in [0.2, 0.25) is 0 Å². The molecule has 3 rings (SSSR count). The molecule has 0 bridgehead atoms. The maximum Gasteiger partial charge on any atom is 0.266 e. The van der Waals surface area contributed by atoms with Crippen molar-refractivity contribution < 1.29 is 0 Å². The van der Waals surface area contributed by atoms with Gasteiger partial charge >= 0.3 is 0 Å². The fraction of sp³-hybridized carbons (Fsp3) is 0.727. The van der Waals surface area contributed by atoms with E-state index in [0.29, 0.717) is 6.04 Å². The summed E-state index contributed by atoms with van der Waals surface area (Å²) in [5.41, 5.74) is 0.196. The molecule has 3 heteroatoms. The molecule has 0 radical (unpaired) electrons. The Bertz CT molecular complexity index is 390. The summed E-state index contributed by atoms with van der Waals surface area (Å²) < 4.78 is 4.10. The van der Waals surface area contributed by atoms with Crippen LogP contribution in [0.15, 0.2) is 17.1 Å². The van der Waals surface area contributed by atoms with Gasteiger partial charge < -0.3 is 0 Å². The maximum atomic E-state index is 11.7. The van der Waals surface area contributed by atoms with Crippen molar-refractivity contribution in [2.45, 2.75) is 44.7 Å². The van der Waals surface area contributed by atoms with Crippen molar-refractivity contribution in [1.82, 2.24) is 9.36 Å². The second kappa shape index (κ2) is 3.01. The number of hydrogen-bond acceptors (Lipinski definition) is 1. The molecule has 0 aromatic carbocycles. The molecule has 1 aromatic rings. The zero-order valence-electron chi connectivity index (χ0n) is 8.35. The molecule has 2 unspecified atom stereocenters. The highest BCUT2D eigenvalue weighted by Crippen LogP contribution is 2.37. The topological polar surface area (TPSA) is 26.9 Å². The monoisotopic (exact) mass is 192 g/mol. The molecule has 0 saturated heterocycles. The van der Waals surface area contributed by atoms with Crippen molar-refractivity contribution in [3.63, 3.8) is 0 Å².